The van der Waals surface area contributed by atoms with E-state index in [9.17, 15) is 0 Å². The smallest absolute Gasteiger partial charge is 0.191 e. The van der Waals surface area contributed by atoms with E-state index in [0.717, 1.165) is 29.3 Å². The summed E-state index contributed by atoms with van der Waals surface area (Å²) in [5.41, 5.74) is 1.95. The number of aliphatic imine (C=N–C) groups is 1. The van der Waals surface area contributed by atoms with Gasteiger partial charge in [-0.2, -0.15) is 0 Å². The molecule has 9 heteroatoms. The number of hydrogen-bond donors (Lipinski definition) is 2. The van der Waals surface area contributed by atoms with E-state index < -0.39 is 0 Å². The van der Waals surface area contributed by atoms with Crippen molar-refractivity contribution in [2.75, 3.05) is 34.3 Å². The zero-order valence-electron chi connectivity index (χ0n) is 17.0. The zero-order valence-corrected chi connectivity index (χ0v) is 19.3. The Hall–Kier alpha value is -2.40. The second kappa shape index (κ2) is 11.6. The Morgan fingerprint density at radius 3 is 2.72 bits per heavy atom. The van der Waals surface area contributed by atoms with Crippen molar-refractivity contribution in [1.82, 2.24) is 30.1 Å². The first-order chi connectivity index (χ1) is 13.7. The number of pyridine rings is 1. The minimum absolute atomic E-state index is 0. The largest absolute Gasteiger partial charge is 0.492 e. The van der Waals surface area contributed by atoms with E-state index in [1.165, 1.54) is 0 Å². The van der Waals surface area contributed by atoms with Crippen LogP contribution in [0.2, 0.25) is 0 Å². The van der Waals surface area contributed by atoms with Crippen LogP contribution < -0.4 is 15.4 Å². The van der Waals surface area contributed by atoms with Crippen molar-refractivity contribution in [1.29, 1.82) is 0 Å². The SMILES string of the molecule is CN=C(NCc1cccc(OCCN(C)C)c1)NCc1nnc2ccccn12.I. The Bertz CT molecular complexity index is 926. The molecule has 0 unspecified atom stereocenters. The standard InChI is InChI=1S/C20H27N7O.HI/c1-21-20(23-15-19-25-24-18-9-4-5-10-27(18)19)22-14-16-7-6-8-17(13-16)28-12-11-26(2)3;/h4-10,13H,11-12,14-15H2,1-3H3,(H2,21,22,23);1H. The summed E-state index contributed by atoms with van der Waals surface area (Å²) in [5, 5.41) is 15.0. The van der Waals surface area contributed by atoms with Gasteiger partial charge in [-0.25, -0.2) is 0 Å². The molecule has 3 rings (SSSR count). The lowest BCUT2D eigenvalue weighted by atomic mass is 10.2. The van der Waals surface area contributed by atoms with Gasteiger partial charge in [0.25, 0.3) is 0 Å². The third-order valence-corrected chi connectivity index (χ3v) is 4.19. The first-order valence-electron chi connectivity index (χ1n) is 9.25. The molecule has 0 saturated carbocycles. The third kappa shape index (κ3) is 6.86. The molecular weight excluding hydrogens is 481 g/mol. The highest BCUT2D eigenvalue weighted by molar-refractivity contribution is 14.0. The Morgan fingerprint density at radius 2 is 1.93 bits per heavy atom. The van der Waals surface area contributed by atoms with Crippen LogP contribution in [0.25, 0.3) is 5.65 Å². The molecule has 0 spiro atoms. The normalized spacial score (nSPS) is 11.4. The van der Waals surface area contributed by atoms with Crippen molar-refractivity contribution in [3.8, 4) is 5.75 Å². The topological polar surface area (TPSA) is 79.1 Å². The number of guanidine groups is 1. The van der Waals surface area contributed by atoms with E-state index in [4.69, 9.17) is 4.74 Å². The van der Waals surface area contributed by atoms with Gasteiger partial charge < -0.3 is 20.3 Å². The molecule has 0 radical (unpaired) electrons. The first-order valence-corrected chi connectivity index (χ1v) is 9.25. The molecule has 2 heterocycles. The van der Waals surface area contributed by atoms with E-state index in [1.54, 1.807) is 7.05 Å². The van der Waals surface area contributed by atoms with Gasteiger partial charge in [0.05, 0.1) is 6.54 Å². The zero-order chi connectivity index (χ0) is 19.8. The van der Waals surface area contributed by atoms with Crippen LogP contribution in [0.4, 0.5) is 0 Å². The van der Waals surface area contributed by atoms with Gasteiger partial charge in [0.2, 0.25) is 0 Å². The number of likely N-dealkylation sites (N-methyl/N-ethyl adjacent to an activating group) is 1. The maximum atomic E-state index is 5.79. The fraction of sp³-hybridized carbons (Fsp3) is 0.350. The predicted molar refractivity (Wildman–Crippen MR) is 126 cm³/mol. The van der Waals surface area contributed by atoms with Gasteiger partial charge in [0.15, 0.2) is 17.4 Å². The molecule has 156 valence electrons. The molecular formula is C20H28IN7O. The fourth-order valence-electron chi connectivity index (χ4n) is 2.67. The number of nitrogens with one attached hydrogen (secondary N) is 2. The van der Waals surface area contributed by atoms with Crippen LogP contribution in [-0.4, -0.2) is 59.8 Å². The molecule has 0 atom stereocenters. The first kappa shape index (κ1) is 22.9. The van der Waals surface area contributed by atoms with E-state index in [0.29, 0.717) is 25.7 Å². The van der Waals surface area contributed by atoms with Gasteiger partial charge in [0.1, 0.15) is 12.4 Å². The fourth-order valence-corrected chi connectivity index (χ4v) is 2.67. The second-order valence-electron chi connectivity index (χ2n) is 6.62. The van der Waals surface area contributed by atoms with Crippen molar-refractivity contribution >= 4 is 35.6 Å². The average molecular weight is 509 g/mol. The molecule has 0 aliphatic heterocycles. The molecule has 2 aromatic heterocycles. The van der Waals surface area contributed by atoms with Gasteiger partial charge in [0, 0.05) is 26.3 Å². The second-order valence-corrected chi connectivity index (χ2v) is 6.62. The Balaban J connectivity index is 0.00000300. The molecule has 2 N–H and O–H groups in total. The van der Waals surface area contributed by atoms with Gasteiger partial charge in [-0.1, -0.05) is 18.2 Å². The van der Waals surface area contributed by atoms with Gasteiger partial charge in [-0.05, 0) is 43.9 Å². The summed E-state index contributed by atoms with van der Waals surface area (Å²) in [6.07, 6.45) is 1.95. The molecule has 0 aliphatic carbocycles. The minimum atomic E-state index is 0. The summed E-state index contributed by atoms with van der Waals surface area (Å²) in [7, 11) is 5.81. The van der Waals surface area contributed by atoms with Crippen molar-refractivity contribution in [2.24, 2.45) is 4.99 Å². The van der Waals surface area contributed by atoms with Crippen molar-refractivity contribution in [2.45, 2.75) is 13.1 Å². The van der Waals surface area contributed by atoms with Crippen LogP contribution in [0.5, 0.6) is 5.75 Å². The lowest BCUT2D eigenvalue weighted by molar-refractivity contribution is 0.261. The van der Waals surface area contributed by atoms with Crippen LogP contribution in [0, 0.1) is 0 Å². The van der Waals surface area contributed by atoms with Crippen LogP contribution in [0.3, 0.4) is 0 Å². The molecule has 0 amide bonds. The van der Waals surface area contributed by atoms with Gasteiger partial charge in [-0.15, -0.1) is 34.2 Å². The highest BCUT2D eigenvalue weighted by Gasteiger charge is 2.06. The molecule has 1 aromatic carbocycles. The van der Waals surface area contributed by atoms with E-state index >= 15 is 0 Å². The Kier molecular flexibility index (Phi) is 9.13. The lowest BCUT2D eigenvalue weighted by Crippen LogP contribution is -2.36. The summed E-state index contributed by atoms with van der Waals surface area (Å²) in [6, 6.07) is 13.9. The summed E-state index contributed by atoms with van der Waals surface area (Å²) in [5.74, 6) is 2.40. The number of fused-ring (bicyclic) bond motifs is 1. The Labute approximate surface area is 188 Å². The molecule has 29 heavy (non-hydrogen) atoms. The van der Waals surface area contributed by atoms with Crippen LogP contribution in [-0.2, 0) is 13.1 Å². The molecule has 0 saturated heterocycles. The summed E-state index contributed by atoms with van der Waals surface area (Å²) in [4.78, 5) is 6.37. The Morgan fingerprint density at radius 1 is 1.10 bits per heavy atom. The maximum absolute atomic E-state index is 5.79. The molecule has 0 fully saturated rings. The van der Waals surface area contributed by atoms with Crippen molar-refractivity contribution in [3.63, 3.8) is 0 Å². The average Bonchev–Trinajstić information content (AvgIpc) is 3.11. The molecule has 3 aromatic rings. The van der Waals surface area contributed by atoms with Crippen LogP contribution in [0.15, 0.2) is 53.7 Å². The lowest BCUT2D eigenvalue weighted by Gasteiger charge is -2.13. The summed E-state index contributed by atoms with van der Waals surface area (Å²) >= 11 is 0. The number of halogens is 1. The third-order valence-electron chi connectivity index (χ3n) is 4.19. The highest BCUT2D eigenvalue weighted by atomic mass is 127. The monoisotopic (exact) mass is 509 g/mol. The molecule has 0 bridgehead atoms. The minimum Gasteiger partial charge on any atom is -0.492 e. The van der Waals surface area contributed by atoms with E-state index in [2.05, 4.69) is 36.8 Å². The van der Waals surface area contributed by atoms with Gasteiger partial charge in [-0.3, -0.25) is 9.39 Å². The summed E-state index contributed by atoms with van der Waals surface area (Å²) in [6.45, 7) is 2.72. The number of benzene rings is 1. The van der Waals surface area contributed by atoms with E-state index in [1.807, 2.05) is 61.1 Å². The maximum Gasteiger partial charge on any atom is 0.191 e. The number of hydrogen-bond acceptors (Lipinski definition) is 5. The van der Waals surface area contributed by atoms with Crippen LogP contribution >= 0.6 is 24.0 Å². The molecule has 8 nitrogen and oxygen atoms in total. The van der Waals surface area contributed by atoms with Crippen molar-refractivity contribution in [3.05, 3.63) is 60.0 Å². The summed E-state index contributed by atoms with van der Waals surface area (Å²) < 4.78 is 7.75. The van der Waals surface area contributed by atoms with E-state index in [-0.39, 0.29) is 24.0 Å². The highest BCUT2D eigenvalue weighted by Crippen LogP contribution is 2.13. The van der Waals surface area contributed by atoms with Crippen molar-refractivity contribution < 1.29 is 4.74 Å². The number of ether oxygens (including phenoxy) is 1. The quantitative estimate of drug-likeness (QED) is 0.275. The molecule has 0 aliphatic rings. The van der Waals surface area contributed by atoms with Gasteiger partial charge >= 0.3 is 0 Å². The number of aromatic nitrogens is 3. The number of rotatable bonds is 8. The van der Waals surface area contributed by atoms with Crippen LogP contribution in [0.1, 0.15) is 11.4 Å². The number of nitrogens with zero attached hydrogens (tertiary/aromatic N) is 5. The predicted octanol–water partition coefficient (Wildman–Crippen LogP) is 2.15.